The molecule has 0 bridgehead atoms. The van der Waals surface area contributed by atoms with Gasteiger partial charge in [0.1, 0.15) is 0 Å². The molecule has 0 unspecified atom stereocenters. The van der Waals surface area contributed by atoms with Gasteiger partial charge in [0.15, 0.2) is 0 Å². The molecule has 0 amide bonds. The SMILES string of the molecule is Cn1c2cc(-c3ccc(-c4ccc(N(c5ccccc5)c5ccc(-c6ccccc6)cc5)cc4)cc3)ccc2c2c3ccccc3ccc21. The first-order chi connectivity index (χ1) is 24.2. The van der Waals surface area contributed by atoms with Crippen LogP contribution >= 0.6 is 0 Å². The highest BCUT2D eigenvalue weighted by Crippen LogP contribution is 2.38. The van der Waals surface area contributed by atoms with E-state index in [2.05, 4.69) is 205 Å². The molecular formula is C47H34N2. The van der Waals surface area contributed by atoms with Crippen molar-refractivity contribution in [2.45, 2.75) is 0 Å². The first kappa shape index (κ1) is 28.8. The number of benzene rings is 8. The Balaban J connectivity index is 1.01. The summed E-state index contributed by atoms with van der Waals surface area (Å²) in [5, 5.41) is 5.21. The zero-order valence-electron chi connectivity index (χ0n) is 27.3. The zero-order chi connectivity index (χ0) is 32.7. The summed E-state index contributed by atoms with van der Waals surface area (Å²) in [5.41, 5.74) is 13.1. The lowest BCUT2D eigenvalue weighted by Gasteiger charge is -2.26. The van der Waals surface area contributed by atoms with Gasteiger partial charge in [-0.2, -0.15) is 0 Å². The van der Waals surface area contributed by atoms with E-state index in [1.807, 2.05) is 0 Å². The number of hydrogen-bond acceptors (Lipinski definition) is 1. The minimum Gasteiger partial charge on any atom is -0.344 e. The Morgan fingerprint density at radius 3 is 1.45 bits per heavy atom. The number of aryl methyl sites for hydroxylation is 1. The van der Waals surface area contributed by atoms with Gasteiger partial charge >= 0.3 is 0 Å². The molecule has 49 heavy (non-hydrogen) atoms. The van der Waals surface area contributed by atoms with Gasteiger partial charge in [0, 0.05) is 45.9 Å². The van der Waals surface area contributed by atoms with E-state index in [4.69, 9.17) is 0 Å². The van der Waals surface area contributed by atoms with Crippen LogP contribution < -0.4 is 4.90 Å². The Hall–Kier alpha value is -6.38. The fourth-order valence-corrected chi connectivity index (χ4v) is 7.27. The fraction of sp³-hybridized carbons (Fsp3) is 0.0213. The summed E-state index contributed by atoms with van der Waals surface area (Å²) in [6, 6.07) is 67.8. The van der Waals surface area contributed by atoms with Gasteiger partial charge in [-0.1, -0.05) is 140 Å². The van der Waals surface area contributed by atoms with Gasteiger partial charge in [0.25, 0.3) is 0 Å². The molecule has 0 saturated carbocycles. The number of rotatable bonds is 6. The third-order valence-corrected chi connectivity index (χ3v) is 9.82. The predicted molar refractivity (Wildman–Crippen MR) is 209 cm³/mol. The molecule has 1 heterocycles. The summed E-state index contributed by atoms with van der Waals surface area (Å²) < 4.78 is 2.33. The highest BCUT2D eigenvalue weighted by atomic mass is 15.1. The van der Waals surface area contributed by atoms with E-state index in [0.29, 0.717) is 0 Å². The van der Waals surface area contributed by atoms with Crippen LogP contribution in [-0.2, 0) is 7.05 Å². The highest BCUT2D eigenvalue weighted by molar-refractivity contribution is 6.21. The molecule has 0 spiro atoms. The molecule has 0 aliphatic rings. The van der Waals surface area contributed by atoms with Crippen molar-refractivity contribution in [3.05, 3.63) is 188 Å². The third kappa shape index (κ3) is 5.15. The summed E-state index contributed by atoms with van der Waals surface area (Å²) >= 11 is 0. The third-order valence-electron chi connectivity index (χ3n) is 9.82. The lowest BCUT2D eigenvalue weighted by molar-refractivity contribution is 1.01. The first-order valence-electron chi connectivity index (χ1n) is 16.8. The van der Waals surface area contributed by atoms with Crippen LogP contribution in [0.1, 0.15) is 0 Å². The molecule has 0 aliphatic carbocycles. The molecule has 2 heteroatoms. The van der Waals surface area contributed by atoms with E-state index in [9.17, 15) is 0 Å². The molecule has 2 nitrogen and oxygen atoms in total. The van der Waals surface area contributed by atoms with Crippen LogP contribution in [-0.4, -0.2) is 4.57 Å². The molecule has 232 valence electrons. The zero-order valence-corrected chi connectivity index (χ0v) is 27.3. The van der Waals surface area contributed by atoms with Gasteiger partial charge in [-0.3, -0.25) is 0 Å². The maximum atomic E-state index is 2.33. The summed E-state index contributed by atoms with van der Waals surface area (Å²) in [6.07, 6.45) is 0. The summed E-state index contributed by atoms with van der Waals surface area (Å²) in [4.78, 5) is 2.31. The molecule has 0 radical (unpaired) electrons. The normalized spacial score (nSPS) is 11.4. The Bertz CT molecular complexity index is 2560. The van der Waals surface area contributed by atoms with Crippen LogP contribution in [0.15, 0.2) is 188 Å². The van der Waals surface area contributed by atoms with Crippen molar-refractivity contribution < 1.29 is 0 Å². The number of aromatic nitrogens is 1. The summed E-state index contributed by atoms with van der Waals surface area (Å²) in [5.74, 6) is 0. The van der Waals surface area contributed by atoms with Crippen LogP contribution in [0.4, 0.5) is 17.1 Å². The second-order valence-corrected chi connectivity index (χ2v) is 12.7. The second kappa shape index (κ2) is 12.0. The van der Waals surface area contributed by atoms with E-state index >= 15 is 0 Å². The number of hydrogen-bond donors (Lipinski definition) is 0. The Labute approximate surface area is 286 Å². The van der Waals surface area contributed by atoms with Gasteiger partial charge in [-0.25, -0.2) is 0 Å². The lowest BCUT2D eigenvalue weighted by atomic mass is 9.98. The van der Waals surface area contributed by atoms with Crippen LogP contribution in [0.2, 0.25) is 0 Å². The minimum atomic E-state index is 1.12. The Morgan fingerprint density at radius 2 is 0.816 bits per heavy atom. The Morgan fingerprint density at radius 1 is 0.347 bits per heavy atom. The predicted octanol–water partition coefficient (Wildman–Crippen LogP) is 13.0. The molecule has 9 aromatic rings. The van der Waals surface area contributed by atoms with Crippen LogP contribution in [0.3, 0.4) is 0 Å². The van der Waals surface area contributed by atoms with E-state index in [1.54, 1.807) is 0 Å². The van der Waals surface area contributed by atoms with Crippen molar-refractivity contribution in [1.29, 1.82) is 0 Å². The van der Waals surface area contributed by atoms with E-state index < -0.39 is 0 Å². The smallest absolute Gasteiger partial charge is 0.0495 e. The lowest BCUT2D eigenvalue weighted by Crippen LogP contribution is -2.09. The van der Waals surface area contributed by atoms with Crippen LogP contribution in [0.25, 0.3) is 66.0 Å². The van der Waals surface area contributed by atoms with E-state index in [1.165, 1.54) is 66.0 Å². The summed E-state index contributed by atoms with van der Waals surface area (Å²) in [6.45, 7) is 0. The average molecular weight is 627 g/mol. The van der Waals surface area contributed by atoms with Crippen molar-refractivity contribution in [3.8, 4) is 33.4 Å². The number of anilines is 3. The maximum absolute atomic E-state index is 2.33. The van der Waals surface area contributed by atoms with Crippen molar-refractivity contribution >= 4 is 49.6 Å². The van der Waals surface area contributed by atoms with Crippen molar-refractivity contribution in [3.63, 3.8) is 0 Å². The molecule has 0 N–H and O–H groups in total. The molecule has 0 atom stereocenters. The molecule has 8 aromatic carbocycles. The molecule has 9 rings (SSSR count). The minimum absolute atomic E-state index is 1.12. The topological polar surface area (TPSA) is 8.17 Å². The second-order valence-electron chi connectivity index (χ2n) is 12.7. The molecular weight excluding hydrogens is 593 g/mol. The maximum Gasteiger partial charge on any atom is 0.0495 e. The van der Waals surface area contributed by atoms with Gasteiger partial charge in [-0.15, -0.1) is 0 Å². The van der Waals surface area contributed by atoms with Crippen LogP contribution in [0.5, 0.6) is 0 Å². The number of nitrogens with zero attached hydrogens (tertiary/aromatic N) is 2. The molecule has 1 aromatic heterocycles. The fourth-order valence-electron chi connectivity index (χ4n) is 7.27. The summed E-state index contributed by atoms with van der Waals surface area (Å²) in [7, 11) is 2.18. The largest absolute Gasteiger partial charge is 0.344 e. The number of para-hydroxylation sites is 1. The van der Waals surface area contributed by atoms with E-state index in [-0.39, 0.29) is 0 Å². The molecule has 0 aliphatic heterocycles. The molecule has 0 saturated heterocycles. The van der Waals surface area contributed by atoms with Crippen LogP contribution in [0, 0.1) is 0 Å². The van der Waals surface area contributed by atoms with Crippen molar-refractivity contribution in [1.82, 2.24) is 4.57 Å². The number of fused-ring (bicyclic) bond motifs is 5. The standard InChI is InChI=1S/C47H34N2/c1-48-45-31-25-38-12-8-9-15-43(38)47(45)44-30-24-39(32-46(44)48)37-18-16-34(17-19-37)36-22-28-42(29-23-36)49(40-13-6-3-7-14-40)41-26-20-35(21-27-41)33-10-4-2-5-11-33/h2-32H,1H3. The molecule has 0 fully saturated rings. The highest BCUT2D eigenvalue weighted by Gasteiger charge is 2.14. The van der Waals surface area contributed by atoms with Gasteiger partial charge in [0.05, 0.1) is 0 Å². The van der Waals surface area contributed by atoms with Crippen molar-refractivity contribution in [2.24, 2.45) is 7.05 Å². The quantitative estimate of drug-likeness (QED) is 0.178. The van der Waals surface area contributed by atoms with E-state index in [0.717, 1.165) is 17.1 Å². The van der Waals surface area contributed by atoms with Gasteiger partial charge in [0.2, 0.25) is 0 Å². The monoisotopic (exact) mass is 626 g/mol. The first-order valence-corrected chi connectivity index (χ1v) is 16.8. The van der Waals surface area contributed by atoms with Crippen molar-refractivity contribution in [2.75, 3.05) is 4.90 Å². The van der Waals surface area contributed by atoms with Gasteiger partial charge in [-0.05, 0) is 92.7 Å². The Kier molecular flexibility index (Phi) is 7.06. The average Bonchev–Trinajstić information content (AvgIpc) is 3.47. The van der Waals surface area contributed by atoms with Gasteiger partial charge < -0.3 is 9.47 Å².